The highest BCUT2D eigenvalue weighted by Gasteiger charge is 2.46. The van der Waals surface area contributed by atoms with E-state index in [1.807, 2.05) is 23.1 Å². The van der Waals surface area contributed by atoms with Crippen LogP contribution in [0.1, 0.15) is 58.4 Å². The Morgan fingerprint density at radius 2 is 1.70 bits per heavy atom. The maximum Gasteiger partial charge on any atom is 0.323 e. The Balaban J connectivity index is 1.42. The SMILES string of the molecule is C=C1N(CC(=O)NC(CC)C(=O)NC2CSc3ccccc3N(CC(=O)O)C2=O)CN(CCc2ccccc2)C1(CCC)CCC. The van der Waals surface area contributed by atoms with Crippen molar-refractivity contribution in [2.75, 3.05) is 37.0 Å². The van der Waals surface area contributed by atoms with Crippen LogP contribution >= 0.6 is 11.8 Å². The average molecular weight is 650 g/mol. The summed E-state index contributed by atoms with van der Waals surface area (Å²) in [6, 6.07) is 15.7. The van der Waals surface area contributed by atoms with Gasteiger partial charge in [-0.1, -0.05) is 82.7 Å². The van der Waals surface area contributed by atoms with Gasteiger partial charge < -0.3 is 20.6 Å². The first-order valence-corrected chi connectivity index (χ1v) is 17.2. The largest absolute Gasteiger partial charge is 0.480 e. The van der Waals surface area contributed by atoms with Crippen LogP contribution in [0.5, 0.6) is 0 Å². The van der Waals surface area contributed by atoms with Crippen LogP contribution in [-0.4, -0.2) is 88.3 Å². The van der Waals surface area contributed by atoms with E-state index >= 15 is 0 Å². The Hall–Kier alpha value is -3.83. The number of aliphatic carboxylic acids is 1. The lowest BCUT2D eigenvalue weighted by Crippen LogP contribution is -2.56. The second-order valence-corrected chi connectivity index (χ2v) is 13.1. The number of fused-ring (bicyclic) bond motifs is 1. The summed E-state index contributed by atoms with van der Waals surface area (Å²) in [4.78, 5) is 58.3. The number of para-hydroxylation sites is 1. The number of benzene rings is 2. The van der Waals surface area contributed by atoms with Gasteiger partial charge in [-0.3, -0.25) is 29.0 Å². The lowest BCUT2D eigenvalue weighted by atomic mass is 9.85. The van der Waals surface area contributed by atoms with E-state index in [-0.39, 0.29) is 23.7 Å². The first kappa shape index (κ1) is 35.0. The van der Waals surface area contributed by atoms with Crippen molar-refractivity contribution in [3.63, 3.8) is 0 Å². The maximum atomic E-state index is 13.4. The summed E-state index contributed by atoms with van der Waals surface area (Å²) in [7, 11) is 0. The molecule has 46 heavy (non-hydrogen) atoms. The zero-order valence-corrected chi connectivity index (χ0v) is 28.0. The first-order chi connectivity index (χ1) is 22.1. The second-order valence-electron chi connectivity index (χ2n) is 12.0. The molecule has 11 heteroatoms. The number of thioether (sulfide) groups is 1. The molecule has 2 aliphatic rings. The van der Waals surface area contributed by atoms with Gasteiger partial charge in [0.05, 0.1) is 24.4 Å². The normalized spacial score (nSPS) is 18.5. The summed E-state index contributed by atoms with van der Waals surface area (Å²) < 4.78 is 0. The van der Waals surface area contributed by atoms with Crippen LogP contribution in [0, 0.1) is 0 Å². The number of hydrogen-bond donors (Lipinski definition) is 3. The Kier molecular flexibility index (Phi) is 12.3. The van der Waals surface area contributed by atoms with Gasteiger partial charge >= 0.3 is 5.97 Å². The van der Waals surface area contributed by atoms with Gasteiger partial charge in [0.25, 0.3) is 5.91 Å². The molecule has 4 rings (SSSR count). The number of hydrogen-bond acceptors (Lipinski definition) is 7. The Bertz CT molecular complexity index is 1400. The minimum atomic E-state index is -1.15. The molecule has 10 nitrogen and oxygen atoms in total. The molecule has 2 unspecified atom stereocenters. The van der Waals surface area contributed by atoms with Gasteiger partial charge in [-0.15, -0.1) is 11.8 Å². The molecule has 1 saturated heterocycles. The van der Waals surface area contributed by atoms with Crippen molar-refractivity contribution in [2.24, 2.45) is 0 Å². The molecule has 0 radical (unpaired) electrons. The third-order valence-electron chi connectivity index (χ3n) is 8.84. The highest BCUT2D eigenvalue weighted by molar-refractivity contribution is 7.99. The van der Waals surface area contributed by atoms with E-state index in [9.17, 15) is 24.3 Å². The van der Waals surface area contributed by atoms with Crippen LogP contribution in [-0.2, 0) is 25.6 Å². The number of carbonyl (C=O) groups excluding carboxylic acids is 3. The van der Waals surface area contributed by atoms with Gasteiger partial charge in [-0.2, -0.15) is 0 Å². The molecule has 2 atom stereocenters. The molecule has 1 fully saturated rings. The minimum Gasteiger partial charge on any atom is -0.480 e. The van der Waals surface area contributed by atoms with Crippen LogP contribution in [0.25, 0.3) is 0 Å². The van der Waals surface area contributed by atoms with Crippen molar-refractivity contribution in [3.8, 4) is 0 Å². The van der Waals surface area contributed by atoms with Crippen molar-refractivity contribution >= 4 is 41.1 Å². The van der Waals surface area contributed by atoms with Crippen LogP contribution in [0.4, 0.5) is 5.69 Å². The summed E-state index contributed by atoms with van der Waals surface area (Å²) >= 11 is 1.38. The summed E-state index contributed by atoms with van der Waals surface area (Å²) in [6.07, 6.45) is 5.10. The van der Waals surface area contributed by atoms with Crippen LogP contribution < -0.4 is 15.5 Å². The number of rotatable bonds is 15. The van der Waals surface area contributed by atoms with Crippen LogP contribution in [0.2, 0.25) is 0 Å². The number of carboxylic acids is 1. The number of nitrogens with one attached hydrogen (secondary N) is 2. The Morgan fingerprint density at radius 3 is 2.35 bits per heavy atom. The molecule has 0 aliphatic carbocycles. The van der Waals surface area contributed by atoms with Gasteiger partial charge in [-0.05, 0) is 43.4 Å². The van der Waals surface area contributed by atoms with Gasteiger partial charge in [0.1, 0.15) is 18.6 Å². The molecule has 3 amide bonds. The fourth-order valence-corrected chi connectivity index (χ4v) is 7.67. The first-order valence-electron chi connectivity index (χ1n) is 16.2. The summed E-state index contributed by atoms with van der Waals surface area (Å²) in [5.74, 6) is -2.18. The molecule has 2 aromatic rings. The van der Waals surface area contributed by atoms with Crippen molar-refractivity contribution in [1.29, 1.82) is 0 Å². The minimum absolute atomic E-state index is 0.0690. The average Bonchev–Trinajstić information content (AvgIpc) is 3.21. The van der Waals surface area contributed by atoms with Crippen molar-refractivity contribution in [1.82, 2.24) is 20.4 Å². The topological polar surface area (TPSA) is 122 Å². The number of carboxylic acid groups (broad SMARTS) is 1. The van der Waals surface area contributed by atoms with Gasteiger partial charge in [-0.25, -0.2) is 0 Å². The van der Waals surface area contributed by atoms with Crippen LogP contribution in [0.3, 0.4) is 0 Å². The van der Waals surface area contributed by atoms with Gasteiger partial charge in [0, 0.05) is 22.9 Å². The summed E-state index contributed by atoms with van der Waals surface area (Å²) in [5, 5.41) is 15.1. The van der Waals surface area contributed by atoms with E-state index in [0.29, 0.717) is 18.8 Å². The van der Waals surface area contributed by atoms with Crippen molar-refractivity contribution in [2.45, 2.75) is 81.8 Å². The molecule has 2 aliphatic heterocycles. The van der Waals surface area contributed by atoms with Crippen molar-refractivity contribution in [3.05, 3.63) is 72.4 Å². The zero-order chi connectivity index (χ0) is 33.3. The van der Waals surface area contributed by atoms with E-state index in [2.05, 4.69) is 60.2 Å². The Morgan fingerprint density at radius 1 is 1.02 bits per heavy atom. The lowest BCUT2D eigenvalue weighted by molar-refractivity contribution is -0.137. The highest BCUT2D eigenvalue weighted by Crippen LogP contribution is 2.41. The predicted octanol–water partition coefficient (Wildman–Crippen LogP) is 4.26. The third kappa shape index (κ3) is 8.11. The fourth-order valence-electron chi connectivity index (χ4n) is 6.59. The molecular formula is C35H47N5O5S. The summed E-state index contributed by atoms with van der Waals surface area (Å²) in [6.45, 7) is 11.6. The number of anilines is 1. The summed E-state index contributed by atoms with van der Waals surface area (Å²) in [5.41, 5.74) is 2.49. The molecule has 0 saturated carbocycles. The molecule has 2 aromatic carbocycles. The smallest absolute Gasteiger partial charge is 0.323 e. The van der Waals surface area contributed by atoms with E-state index < -0.39 is 36.4 Å². The van der Waals surface area contributed by atoms with Crippen LogP contribution in [0.15, 0.2) is 71.8 Å². The maximum absolute atomic E-state index is 13.4. The lowest BCUT2D eigenvalue weighted by Gasteiger charge is -2.38. The van der Waals surface area contributed by atoms with E-state index in [1.54, 1.807) is 19.1 Å². The number of carbonyl (C=O) groups is 4. The van der Waals surface area contributed by atoms with Crippen molar-refractivity contribution < 1.29 is 24.3 Å². The molecule has 2 heterocycles. The quantitative estimate of drug-likeness (QED) is 0.262. The van der Waals surface area contributed by atoms with E-state index in [0.717, 1.165) is 49.2 Å². The number of nitrogens with zero attached hydrogens (tertiary/aromatic N) is 3. The van der Waals surface area contributed by atoms with E-state index in [1.165, 1.54) is 22.2 Å². The van der Waals surface area contributed by atoms with Gasteiger partial charge in [0.2, 0.25) is 11.8 Å². The fraction of sp³-hybridized carbons (Fsp3) is 0.486. The highest BCUT2D eigenvalue weighted by atomic mass is 32.2. The van der Waals surface area contributed by atoms with E-state index in [4.69, 9.17) is 0 Å². The zero-order valence-electron chi connectivity index (χ0n) is 27.2. The monoisotopic (exact) mass is 649 g/mol. The Labute approximate surface area is 276 Å². The molecule has 248 valence electrons. The predicted molar refractivity (Wildman–Crippen MR) is 181 cm³/mol. The third-order valence-corrected chi connectivity index (χ3v) is 9.99. The van der Waals surface area contributed by atoms with Gasteiger partial charge in [0.15, 0.2) is 0 Å². The standard InChI is InChI=1S/C35H47N5O5S/c1-5-18-35(19-6-2)25(4)38(24-39(35)20-17-26-13-9-8-10-14-26)21-31(41)36-27(7-3)33(44)37-28-23-46-30-16-12-11-15-29(30)40(34(28)45)22-32(42)43/h8-16,27-28H,4-7,17-24H2,1-3H3,(H,36,41)(H,37,44)(H,42,43). The molecule has 0 aromatic heterocycles. The number of amides is 3. The molecular weight excluding hydrogens is 602 g/mol. The molecule has 0 spiro atoms. The molecule has 0 bridgehead atoms. The second kappa shape index (κ2) is 16.1. The molecule has 3 N–H and O–H groups in total.